The minimum absolute atomic E-state index is 0. The number of benzene rings is 2. The average molecular weight is 311 g/mol. The third-order valence-electron chi connectivity index (χ3n) is 2.66. The molecule has 0 aliphatic heterocycles. The second-order valence-electron chi connectivity index (χ2n) is 3.97. The number of H-pyrrole nitrogens is 1. The summed E-state index contributed by atoms with van der Waals surface area (Å²) in [5.41, 5.74) is 3.33. The lowest BCUT2D eigenvalue weighted by molar-refractivity contribution is 1.08. The van der Waals surface area contributed by atoms with Gasteiger partial charge in [-0.05, 0) is 29.8 Å². The lowest BCUT2D eigenvalue weighted by Gasteiger charge is -1.98. The van der Waals surface area contributed by atoms with Gasteiger partial charge in [-0.2, -0.15) is 0 Å². The van der Waals surface area contributed by atoms with E-state index in [-0.39, 0.29) is 12.4 Å². The first-order valence-electron chi connectivity index (χ1n) is 5.63. The zero-order valence-corrected chi connectivity index (χ0v) is 12.4. The molecule has 0 saturated carbocycles. The van der Waals surface area contributed by atoms with Crippen molar-refractivity contribution in [1.29, 1.82) is 0 Å². The van der Waals surface area contributed by atoms with E-state index in [0.29, 0.717) is 0 Å². The van der Waals surface area contributed by atoms with Crippen molar-refractivity contribution in [2.75, 3.05) is 0 Å². The standard InChI is InChI=1S/C14H11ClN2S.ClH/c15-11-7-5-10(6-8-11)9-18-14-16-12-3-1-2-4-13(12)17-14;/h1-8H,9H2,(H,16,17);1H. The topological polar surface area (TPSA) is 28.7 Å². The van der Waals surface area contributed by atoms with Crippen LogP contribution in [0.25, 0.3) is 11.0 Å². The summed E-state index contributed by atoms with van der Waals surface area (Å²) in [5, 5.41) is 1.72. The van der Waals surface area contributed by atoms with Gasteiger partial charge in [0.1, 0.15) is 0 Å². The van der Waals surface area contributed by atoms with Gasteiger partial charge in [0.2, 0.25) is 0 Å². The summed E-state index contributed by atoms with van der Waals surface area (Å²) >= 11 is 7.55. The van der Waals surface area contributed by atoms with Crippen LogP contribution < -0.4 is 0 Å². The molecule has 1 heterocycles. The molecule has 2 aromatic carbocycles. The van der Waals surface area contributed by atoms with Crippen LogP contribution in [0.5, 0.6) is 0 Å². The Bertz CT molecular complexity index is 632. The number of rotatable bonds is 3. The van der Waals surface area contributed by atoms with E-state index in [1.54, 1.807) is 11.8 Å². The first kappa shape index (κ1) is 14.3. The van der Waals surface area contributed by atoms with Crippen molar-refractivity contribution < 1.29 is 0 Å². The van der Waals surface area contributed by atoms with Gasteiger partial charge in [-0.3, -0.25) is 0 Å². The monoisotopic (exact) mass is 310 g/mol. The van der Waals surface area contributed by atoms with E-state index < -0.39 is 0 Å². The molecule has 3 rings (SSSR count). The van der Waals surface area contributed by atoms with Crippen molar-refractivity contribution in [1.82, 2.24) is 9.97 Å². The second-order valence-corrected chi connectivity index (χ2v) is 5.37. The van der Waals surface area contributed by atoms with Crippen molar-refractivity contribution in [2.45, 2.75) is 10.9 Å². The van der Waals surface area contributed by atoms with E-state index in [1.807, 2.05) is 48.5 Å². The molecule has 0 saturated heterocycles. The van der Waals surface area contributed by atoms with E-state index >= 15 is 0 Å². The Hall–Kier alpha value is -1.16. The number of para-hydroxylation sites is 2. The molecule has 0 spiro atoms. The molecule has 0 amide bonds. The fourth-order valence-electron chi connectivity index (χ4n) is 1.73. The molecule has 0 fully saturated rings. The number of thioether (sulfide) groups is 1. The van der Waals surface area contributed by atoms with Crippen LogP contribution in [0.15, 0.2) is 53.7 Å². The van der Waals surface area contributed by atoms with Gasteiger partial charge in [0.15, 0.2) is 5.16 Å². The van der Waals surface area contributed by atoms with Gasteiger partial charge in [-0.25, -0.2) is 4.98 Å². The van der Waals surface area contributed by atoms with E-state index in [0.717, 1.165) is 27.0 Å². The summed E-state index contributed by atoms with van der Waals surface area (Å²) in [6.07, 6.45) is 0. The Balaban J connectivity index is 0.00000133. The van der Waals surface area contributed by atoms with Gasteiger partial charge in [0.05, 0.1) is 11.0 Å². The molecular weight excluding hydrogens is 299 g/mol. The number of fused-ring (bicyclic) bond motifs is 1. The van der Waals surface area contributed by atoms with Gasteiger partial charge >= 0.3 is 0 Å². The first-order valence-corrected chi connectivity index (χ1v) is 6.99. The molecule has 0 unspecified atom stereocenters. The number of hydrogen-bond donors (Lipinski definition) is 1. The van der Waals surface area contributed by atoms with Crippen molar-refractivity contribution in [3.63, 3.8) is 0 Å². The molecule has 0 aliphatic carbocycles. The van der Waals surface area contributed by atoms with E-state index in [9.17, 15) is 0 Å². The molecule has 3 aromatic rings. The summed E-state index contributed by atoms with van der Waals surface area (Å²) in [6, 6.07) is 16.0. The summed E-state index contributed by atoms with van der Waals surface area (Å²) in [5.74, 6) is 0.886. The summed E-state index contributed by atoms with van der Waals surface area (Å²) in [4.78, 5) is 7.83. The molecule has 0 radical (unpaired) electrons. The Morgan fingerprint density at radius 2 is 1.79 bits per heavy atom. The third-order valence-corrected chi connectivity index (χ3v) is 3.85. The van der Waals surface area contributed by atoms with Crippen molar-refractivity contribution in [3.8, 4) is 0 Å². The van der Waals surface area contributed by atoms with Gasteiger partial charge in [-0.1, -0.05) is 47.6 Å². The predicted molar refractivity (Wildman–Crippen MR) is 84.4 cm³/mol. The van der Waals surface area contributed by atoms with Crippen molar-refractivity contribution in [2.24, 2.45) is 0 Å². The average Bonchev–Trinajstić information content (AvgIpc) is 2.81. The number of aromatic amines is 1. The molecule has 19 heavy (non-hydrogen) atoms. The van der Waals surface area contributed by atoms with Crippen LogP contribution in [0.2, 0.25) is 5.02 Å². The second kappa shape index (κ2) is 6.33. The number of nitrogens with one attached hydrogen (secondary N) is 1. The maximum absolute atomic E-state index is 5.86. The van der Waals surface area contributed by atoms with Crippen LogP contribution in [0.1, 0.15) is 5.56 Å². The van der Waals surface area contributed by atoms with Gasteiger partial charge in [-0.15, -0.1) is 12.4 Å². The fraction of sp³-hybridized carbons (Fsp3) is 0.0714. The molecule has 1 N–H and O–H groups in total. The summed E-state index contributed by atoms with van der Waals surface area (Å²) in [6.45, 7) is 0. The Morgan fingerprint density at radius 1 is 1.05 bits per heavy atom. The van der Waals surface area contributed by atoms with Crippen LogP contribution in [-0.2, 0) is 5.75 Å². The minimum Gasteiger partial charge on any atom is -0.333 e. The van der Waals surface area contributed by atoms with Crippen LogP contribution in [0.4, 0.5) is 0 Å². The van der Waals surface area contributed by atoms with E-state index in [2.05, 4.69) is 9.97 Å². The SMILES string of the molecule is Cl.Clc1ccc(CSc2nc3ccccc3[nH]2)cc1. The largest absolute Gasteiger partial charge is 0.333 e. The summed E-state index contributed by atoms with van der Waals surface area (Å²) < 4.78 is 0. The van der Waals surface area contributed by atoms with Crippen molar-refractivity contribution >= 4 is 46.8 Å². The van der Waals surface area contributed by atoms with Crippen molar-refractivity contribution in [3.05, 3.63) is 59.1 Å². The highest BCUT2D eigenvalue weighted by molar-refractivity contribution is 7.98. The van der Waals surface area contributed by atoms with Gasteiger partial charge < -0.3 is 4.98 Å². The molecule has 0 bridgehead atoms. The maximum atomic E-state index is 5.86. The Morgan fingerprint density at radius 3 is 2.53 bits per heavy atom. The van der Waals surface area contributed by atoms with Crippen LogP contribution in [0.3, 0.4) is 0 Å². The zero-order chi connectivity index (χ0) is 12.4. The smallest absolute Gasteiger partial charge is 0.166 e. The number of nitrogens with zero attached hydrogens (tertiary/aromatic N) is 1. The highest BCUT2D eigenvalue weighted by Crippen LogP contribution is 2.23. The Kier molecular flexibility index (Phi) is 4.75. The number of aromatic nitrogens is 2. The Labute approximate surface area is 127 Å². The fourth-order valence-corrected chi connectivity index (χ4v) is 2.70. The van der Waals surface area contributed by atoms with Crippen LogP contribution in [0, 0.1) is 0 Å². The predicted octanol–water partition coefficient (Wildman–Crippen LogP) is 4.93. The number of hydrogen-bond acceptors (Lipinski definition) is 2. The van der Waals surface area contributed by atoms with E-state index in [1.165, 1.54) is 5.56 Å². The summed E-state index contributed by atoms with van der Waals surface area (Å²) in [7, 11) is 0. The molecule has 0 atom stereocenters. The van der Waals surface area contributed by atoms with Gasteiger partial charge in [0.25, 0.3) is 0 Å². The zero-order valence-electron chi connectivity index (χ0n) is 9.97. The molecule has 5 heteroatoms. The minimum atomic E-state index is 0. The highest BCUT2D eigenvalue weighted by atomic mass is 35.5. The quantitative estimate of drug-likeness (QED) is 0.695. The molecule has 98 valence electrons. The van der Waals surface area contributed by atoms with Gasteiger partial charge in [0, 0.05) is 10.8 Å². The number of imidazole rings is 1. The molecule has 2 nitrogen and oxygen atoms in total. The lowest BCUT2D eigenvalue weighted by atomic mass is 10.2. The van der Waals surface area contributed by atoms with E-state index in [4.69, 9.17) is 11.6 Å². The normalized spacial score (nSPS) is 10.4. The molecule has 1 aromatic heterocycles. The lowest BCUT2D eigenvalue weighted by Crippen LogP contribution is -1.81. The highest BCUT2D eigenvalue weighted by Gasteiger charge is 2.02. The maximum Gasteiger partial charge on any atom is 0.166 e. The first-order chi connectivity index (χ1) is 8.81. The third kappa shape index (κ3) is 3.44. The number of halogens is 2. The molecular formula is C14H12Cl2N2S. The van der Waals surface area contributed by atoms with Crippen LogP contribution in [-0.4, -0.2) is 9.97 Å². The molecule has 0 aliphatic rings. The van der Waals surface area contributed by atoms with Crippen LogP contribution >= 0.6 is 35.8 Å².